The van der Waals surface area contributed by atoms with Crippen LogP contribution in [0.2, 0.25) is 0 Å². The van der Waals surface area contributed by atoms with Gasteiger partial charge in [0.1, 0.15) is 5.78 Å². The highest BCUT2D eigenvalue weighted by Crippen LogP contribution is 2.28. The predicted molar refractivity (Wildman–Crippen MR) is 64.0 cm³/mol. The molecule has 88 valence electrons. The van der Waals surface area contributed by atoms with Crippen LogP contribution in [0, 0.1) is 5.92 Å². The number of rotatable bonds is 5. The van der Waals surface area contributed by atoms with Gasteiger partial charge in [-0.25, -0.2) is 0 Å². The maximum atomic E-state index is 10.9. The molecule has 0 bridgehead atoms. The van der Waals surface area contributed by atoms with Crippen LogP contribution < -0.4 is 0 Å². The van der Waals surface area contributed by atoms with Crippen LogP contribution in [0.1, 0.15) is 52.4 Å². The molecule has 0 aromatic rings. The summed E-state index contributed by atoms with van der Waals surface area (Å²) >= 11 is 0. The van der Waals surface area contributed by atoms with Crippen LogP contribution >= 0.6 is 0 Å². The van der Waals surface area contributed by atoms with E-state index in [4.69, 9.17) is 0 Å². The molecule has 2 heteroatoms. The molecule has 0 heterocycles. The highest BCUT2D eigenvalue weighted by Gasteiger charge is 2.22. The Morgan fingerprint density at radius 1 is 1.27 bits per heavy atom. The van der Waals surface area contributed by atoms with E-state index in [0.29, 0.717) is 12.2 Å². The lowest BCUT2D eigenvalue weighted by Gasteiger charge is -2.34. The van der Waals surface area contributed by atoms with Gasteiger partial charge >= 0.3 is 0 Å². The van der Waals surface area contributed by atoms with Crippen molar-refractivity contribution in [3.63, 3.8) is 0 Å². The van der Waals surface area contributed by atoms with Crippen molar-refractivity contribution in [1.29, 1.82) is 0 Å². The van der Waals surface area contributed by atoms with E-state index in [2.05, 4.69) is 18.9 Å². The molecule has 1 aliphatic rings. The summed E-state index contributed by atoms with van der Waals surface area (Å²) in [5.41, 5.74) is 0. The monoisotopic (exact) mass is 211 g/mol. The Bertz CT molecular complexity index is 195. The maximum Gasteiger partial charge on any atom is 0.131 e. The molecule has 0 radical (unpaired) electrons. The normalized spacial score (nSPS) is 26.9. The van der Waals surface area contributed by atoms with Gasteiger partial charge in [0.15, 0.2) is 0 Å². The van der Waals surface area contributed by atoms with Crippen LogP contribution in [0.4, 0.5) is 0 Å². The summed E-state index contributed by atoms with van der Waals surface area (Å²) in [4.78, 5) is 13.3. The van der Waals surface area contributed by atoms with Gasteiger partial charge in [-0.2, -0.15) is 0 Å². The number of carbonyl (C=O) groups is 1. The first-order valence-electron chi connectivity index (χ1n) is 6.33. The number of ketones is 1. The van der Waals surface area contributed by atoms with Gasteiger partial charge < -0.3 is 4.90 Å². The number of nitrogens with zero attached hydrogens (tertiary/aromatic N) is 1. The summed E-state index contributed by atoms with van der Waals surface area (Å²) in [5.74, 6) is 1.27. The average Bonchev–Trinajstić information content (AvgIpc) is 2.26. The summed E-state index contributed by atoms with van der Waals surface area (Å²) in [6, 6.07) is 0.729. The number of Topliss-reactive ketones (excluding diaryl/α,β-unsaturated/α-hetero) is 1. The minimum atomic E-state index is 0.309. The van der Waals surface area contributed by atoms with Crippen LogP contribution in [-0.4, -0.2) is 30.3 Å². The van der Waals surface area contributed by atoms with Gasteiger partial charge in [0.25, 0.3) is 0 Å². The van der Waals surface area contributed by atoms with Crippen molar-refractivity contribution in [2.75, 3.05) is 13.6 Å². The standard InChI is InChI=1S/C13H25NO/c1-4-12-5-7-13(8-6-12)14(3)10-9-11(2)15/h12-13H,4-10H2,1-3H3. The first-order chi connectivity index (χ1) is 7.13. The molecule has 0 spiro atoms. The highest BCUT2D eigenvalue weighted by atomic mass is 16.1. The van der Waals surface area contributed by atoms with Crippen LogP contribution in [0.5, 0.6) is 0 Å². The Morgan fingerprint density at radius 2 is 1.87 bits per heavy atom. The summed E-state index contributed by atoms with van der Waals surface area (Å²) in [7, 11) is 2.17. The van der Waals surface area contributed by atoms with E-state index in [9.17, 15) is 4.79 Å². The van der Waals surface area contributed by atoms with Crippen LogP contribution in [0.15, 0.2) is 0 Å². The maximum absolute atomic E-state index is 10.9. The molecule has 0 unspecified atom stereocenters. The van der Waals surface area contributed by atoms with Crippen molar-refractivity contribution < 1.29 is 4.79 Å². The SMILES string of the molecule is CCC1CCC(N(C)CCC(C)=O)CC1. The third-order valence-corrected chi connectivity index (χ3v) is 3.83. The number of hydrogen-bond donors (Lipinski definition) is 0. The molecule has 0 aromatic carbocycles. The molecule has 0 saturated heterocycles. The fourth-order valence-electron chi connectivity index (χ4n) is 2.51. The molecule has 1 saturated carbocycles. The molecule has 2 nitrogen and oxygen atoms in total. The Balaban J connectivity index is 2.23. The van der Waals surface area contributed by atoms with Crippen LogP contribution in [0.3, 0.4) is 0 Å². The van der Waals surface area contributed by atoms with Crippen molar-refractivity contribution in [3.05, 3.63) is 0 Å². The Hall–Kier alpha value is -0.370. The van der Waals surface area contributed by atoms with Gasteiger partial charge in [-0.15, -0.1) is 0 Å². The molecule has 0 N–H and O–H groups in total. The average molecular weight is 211 g/mol. The smallest absolute Gasteiger partial charge is 0.131 e. The molecule has 1 fully saturated rings. The molecule has 0 amide bonds. The van der Waals surface area contributed by atoms with Gasteiger partial charge in [-0.3, -0.25) is 4.79 Å². The van der Waals surface area contributed by atoms with Crippen LogP contribution in [0.25, 0.3) is 0 Å². The van der Waals surface area contributed by atoms with E-state index in [1.807, 2.05) is 0 Å². The number of hydrogen-bond acceptors (Lipinski definition) is 2. The molecule has 1 rings (SSSR count). The van der Waals surface area contributed by atoms with Crippen molar-refractivity contribution in [1.82, 2.24) is 4.90 Å². The Kier molecular flexibility index (Phi) is 5.30. The summed E-state index contributed by atoms with van der Waals surface area (Å²) < 4.78 is 0. The fourth-order valence-corrected chi connectivity index (χ4v) is 2.51. The second-order valence-electron chi connectivity index (χ2n) is 5.02. The minimum Gasteiger partial charge on any atom is -0.303 e. The summed E-state index contributed by atoms with van der Waals surface area (Å²) in [6.45, 7) is 4.92. The van der Waals surface area contributed by atoms with E-state index in [1.54, 1.807) is 6.92 Å². The molecular formula is C13H25NO. The van der Waals surface area contributed by atoms with Crippen molar-refractivity contribution >= 4 is 5.78 Å². The molecule has 0 aliphatic heterocycles. The molecule has 1 aliphatic carbocycles. The summed E-state index contributed by atoms with van der Waals surface area (Å²) in [5, 5.41) is 0. The van der Waals surface area contributed by atoms with Crippen LogP contribution in [-0.2, 0) is 4.79 Å². The Labute approximate surface area is 94.0 Å². The zero-order valence-electron chi connectivity index (χ0n) is 10.5. The van der Waals surface area contributed by atoms with E-state index in [0.717, 1.165) is 18.5 Å². The minimum absolute atomic E-state index is 0.309. The topological polar surface area (TPSA) is 20.3 Å². The van der Waals surface area contributed by atoms with E-state index < -0.39 is 0 Å². The molecule has 15 heavy (non-hydrogen) atoms. The first-order valence-corrected chi connectivity index (χ1v) is 6.33. The van der Waals surface area contributed by atoms with Gasteiger partial charge in [-0.05, 0) is 45.6 Å². The van der Waals surface area contributed by atoms with E-state index in [-0.39, 0.29) is 0 Å². The second-order valence-corrected chi connectivity index (χ2v) is 5.02. The molecular weight excluding hydrogens is 186 g/mol. The van der Waals surface area contributed by atoms with E-state index >= 15 is 0 Å². The second kappa shape index (κ2) is 6.26. The zero-order valence-corrected chi connectivity index (χ0v) is 10.5. The number of carbonyl (C=O) groups excluding carboxylic acids is 1. The van der Waals surface area contributed by atoms with Gasteiger partial charge in [0.05, 0.1) is 0 Å². The third-order valence-electron chi connectivity index (χ3n) is 3.83. The molecule has 0 aromatic heterocycles. The highest BCUT2D eigenvalue weighted by molar-refractivity contribution is 5.75. The summed E-state index contributed by atoms with van der Waals surface area (Å²) in [6.07, 6.45) is 7.46. The van der Waals surface area contributed by atoms with Gasteiger partial charge in [0.2, 0.25) is 0 Å². The third kappa shape index (κ3) is 4.33. The molecule has 0 atom stereocenters. The lowest BCUT2D eigenvalue weighted by molar-refractivity contribution is -0.117. The van der Waals surface area contributed by atoms with E-state index in [1.165, 1.54) is 32.1 Å². The quantitative estimate of drug-likeness (QED) is 0.697. The predicted octanol–water partition coefficient (Wildman–Crippen LogP) is 2.87. The van der Waals surface area contributed by atoms with Crippen molar-refractivity contribution in [2.45, 2.75) is 58.4 Å². The van der Waals surface area contributed by atoms with Gasteiger partial charge in [-0.1, -0.05) is 13.3 Å². The van der Waals surface area contributed by atoms with Gasteiger partial charge in [0, 0.05) is 19.0 Å². The van der Waals surface area contributed by atoms with Crippen molar-refractivity contribution in [3.8, 4) is 0 Å². The Morgan fingerprint density at radius 3 is 2.33 bits per heavy atom. The van der Waals surface area contributed by atoms with Crippen molar-refractivity contribution in [2.24, 2.45) is 5.92 Å². The first kappa shape index (κ1) is 12.7. The largest absolute Gasteiger partial charge is 0.303 e. The lowest BCUT2D eigenvalue weighted by atomic mass is 9.84. The zero-order chi connectivity index (χ0) is 11.3. The fraction of sp³-hybridized carbons (Fsp3) is 0.923. The lowest BCUT2D eigenvalue weighted by Crippen LogP contribution is -2.36.